The maximum absolute atomic E-state index is 4.59. The lowest BCUT2D eigenvalue weighted by atomic mass is 9.92. The minimum absolute atomic E-state index is 0.275. The first-order chi connectivity index (χ1) is 9.40. The van der Waals surface area contributed by atoms with Crippen molar-refractivity contribution in [3.8, 4) is 0 Å². The van der Waals surface area contributed by atoms with Gasteiger partial charge < -0.3 is 5.32 Å². The Labute approximate surface area is 113 Å². The maximum atomic E-state index is 4.59. The van der Waals surface area contributed by atoms with Crippen LogP contribution in [0, 0.1) is 0 Å². The number of fused-ring (bicyclic) bond motifs is 1. The molecule has 0 saturated heterocycles. The van der Waals surface area contributed by atoms with Gasteiger partial charge in [0.05, 0.1) is 6.20 Å². The van der Waals surface area contributed by atoms with Crippen LogP contribution in [0.4, 0.5) is 0 Å². The molecule has 1 aliphatic carbocycles. The molecule has 4 heteroatoms. The Balaban J connectivity index is 1.94. The van der Waals surface area contributed by atoms with Crippen LogP contribution in [0.25, 0.3) is 0 Å². The van der Waals surface area contributed by atoms with Crippen molar-refractivity contribution >= 4 is 0 Å². The number of nitrogens with one attached hydrogen (secondary N) is 1. The molecule has 4 nitrogen and oxygen atoms in total. The van der Waals surface area contributed by atoms with Gasteiger partial charge in [-0.15, -0.1) is 0 Å². The predicted molar refractivity (Wildman–Crippen MR) is 73.7 cm³/mol. The highest BCUT2D eigenvalue weighted by Gasteiger charge is 2.31. The number of hydrogen-bond acceptors (Lipinski definition) is 4. The SMILES string of the molecule is CCNC(c1ccnnc1)C1CCc2cccnc21. The smallest absolute Gasteiger partial charge is 0.0544 e. The summed E-state index contributed by atoms with van der Waals surface area (Å²) in [6.45, 7) is 3.07. The van der Waals surface area contributed by atoms with Crippen molar-refractivity contribution in [2.45, 2.75) is 31.7 Å². The summed E-state index contributed by atoms with van der Waals surface area (Å²) < 4.78 is 0. The topological polar surface area (TPSA) is 50.7 Å². The van der Waals surface area contributed by atoms with E-state index in [2.05, 4.69) is 33.5 Å². The van der Waals surface area contributed by atoms with Gasteiger partial charge in [-0.05, 0) is 42.6 Å². The van der Waals surface area contributed by atoms with Crippen LogP contribution in [0.5, 0.6) is 0 Å². The highest BCUT2D eigenvalue weighted by molar-refractivity contribution is 5.32. The Morgan fingerprint density at radius 3 is 3.05 bits per heavy atom. The number of rotatable bonds is 4. The first kappa shape index (κ1) is 12.2. The van der Waals surface area contributed by atoms with Gasteiger partial charge in [0, 0.05) is 30.0 Å². The van der Waals surface area contributed by atoms with Crippen LogP contribution >= 0.6 is 0 Å². The van der Waals surface area contributed by atoms with Crippen LogP contribution < -0.4 is 5.32 Å². The molecule has 0 aliphatic heterocycles. The van der Waals surface area contributed by atoms with Gasteiger partial charge in [0.2, 0.25) is 0 Å². The molecule has 2 aromatic heterocycles. The second kappa shape index (κ2) is 5.45. The minimum atomic E-state index is 0.275. The zero-order valence-electron chi connectivity index (χ0n) is 11.1. The van der Waals surface area contributed by atoms with Gasteiger partial charge in [0.25, 0.3) is 0 Å². The van der Waals surface area contributed by atoms with E-state index in [1.165, 1.54) is 16.8 Å². The van der Waals surface area contributed by atoms with Crippen LogP contribution in [-0.4, -0.2) is 21.7 Å². The largest absolute Gasteiger partial charge is 0.310 e. The molecule has 0 bridgehead atoms. The van der Waals surface area contributed by atoms with E-state index >= 15 is 0 Å². The number of aryl methyl sites for hydroxylation is 1. The van der Waals surface area contributed by atoms with Crippen molar-refractivity contribution in [3.63, 3.8) is 0 Å². The average Bonchev–Trinajstić information content (AvgIpc) is 2.89. The molecule has 0 radical (unpaired) electrons. The molecule has 1 N–H and O–H groups in total. The molecule has 1 aliphatic rings. The fraction of sp³-hybridized carbons (Fsp3) is 0.400. The lowest BCUT2D eigenvalue weighted by Gasteiger charge is -2.24. The lowest BCUT2D eigenvalue weighted by Crippen LogP contribution is -2.26. The van der Waals surface area contributed by atoms with Gasteiger partial charge in [0.1, 0.15) is 0 Å². The molecule has 2 unspecified atom stereocenters. The molecule has 2 aromatic rings. The first-order valence-corrected chi connectivity index (χ1v) is 6.84. The first-order valence-electron chi connectivity index (χ1n) is 6.84. The average molecular weight is 254 g/mol. The Morgan fingerprint density at radius 2 is 2.26 bits per heavy atom. The number of nitrogens with zero attached hydrogens (tertiary/aromatic N) is 3. The van der Waals surface area contributed by atoms with E-state index in [1.54, 1.807) is 6.20 Å². The highest BCUT2D eigenvalue weighted by Crippen LogP contribution is 2.39. The molecular formula is C15H18N4. The van der Waals surface area contributed by atoms with Crippen LogP contribution in [-0.2, 0) is 6.42 Å². The van der Waals surface area contributed by atoms with Gasteiger partial charge in [-0.2, -0.15) is 10.2 Å². The quantitative estimate of drug-likeness (QED) is 0.909. The molecule has 3 rings (SSSR count). The highest BCUT2D eigenvalue weighted by atomic mass is 15.1. The Bertz CT molecular complexity index is 541. The molecule has 0 fully saturated rings. The summed E-state index contributed by atoms with van der Waals surface area (Å²) in [5.74, 6) is 0.431. The fourth-order valence-corrected chi connectivity index (χ4v) is 2.97. The fourth-order valence-electron chi connectivity index (χ4n) is 2.97. The van der Waals surface area contributed by atoms with Gasteiger partial charge in [-0.3, -0.25) is 4.98 Å². The van der Waals surface area contributed by atoms with E-state index in [9.17, 15) is 0 Å². The summed E-state index contributed by atoms with van der Waals surface area (Å²) in [6.07, 6.45) is 7.77. The molecule has 2 heterocycles. The third-order valence-electron chi connectivity index (χ3n) is 3.79. The van der Waals surface area contributed by atoms with E-state index in [1.807, 2.05) is 24.5 Å². The zero-order chi connectivity index (χ0) is 13.1. The molecule has 98 valence electrons. The summed E-state index contributed by atoms with van der Waals surface area (Å²) in [5.41, 5.74) is 3.82. The Hall–Kier alpha value is -1.81. The minimum Gasteiger partial charge on any atom is -0.310 e. The van der Waals surface area contributed by atoms with E-state index in [-0.39, 0.29) is 6.04 Å². The number of pyridine rings is 1. The summed E-state index contributed by atoms with van der Waals surface area (Å²) in [6, 6.07) is 6.53. The maximum Gasteiger partial charge on any atom is 0.0544 e. The second-order valence-electron chi connectivity index (χ2n) is 4.90. The predicted octanol–water partition coefficient (Wildman–Crippen LogP) is 2.25. The Kier molecular flexibility index (Phi) is 3.51. The van der Waals surface area contributed by atoms with Crippen LogP contribution in [0.1, 0.15) is 42.1 Å². The number of likely N-dealkylation sites (N-methyl/N-ethyl adjacent to an activating group) is 1. The molecule has 0 saturated carbocycles. The van der Waals surface area contributed by atoms with Gasteiger partial charge >= 0.3 is 0 Å². The molecule has 0 spiro atoms. The van der Waals surface area contributed by atoms with E-state index in [0.29, 0.717) is 5.92 Å². The van der Waals surface area contributed by atoms with Crippen molar-refractivity contribution in [1.82, 2.24) is 20.5 Å². The molecule has 0 aromatic carbocycles. The van der Waals surface area contributed by atoms with Crippen molar-refractivity contribution in [2.24, 2.45) is 0 Å². The van der Waals surface area contributed by atoms with Gasteiger partial charge in [-0.25, -0.2) is 0 Å². The summed E-state index contributed by atoms with van der Waals surface area (Å²) in [4.78, 5) is 4.59. The van der Waals surface area contributed by atoms with E-state index in [4.69, 9.17) is 0 Å². The van der Waals surface area contributed by atoms with Gasteiger partial charge in [-0.1, -0.05) is 13.0 Å². The Morgan fingerprint density at radius 1 is 1.32 bits per heavy atom. The molecule has 2 atom stereocenters. The molecular weight excluding hydrogens is 236 g/mol. The monoisotopic (exact) mass is 254 g/mol. The van der Waals surface area contributed by atoms with Crippen molar-refractivity contribution in [1.29, 1.82) is 0 Å². The summed E-state index contributed by atoms with van der Waals surface area (Å²) in [7, 11) is 0. The molecule has 19 heavy (non-hydrogen) atoms. The third-order valence-corrected chi connectivity index (χ3v) is 3.79. The van der Waals surface area contributed by atoms with Crippen LogP contribution in [0.2, 0.25) is 0 Å². The normalized spacial score (nSPS) is 19.1. The van der Waals surface area contributed by atoms with Crippen molar-refractivity contribution in [3.05, 3.63) is 53.6 Å². The molecule has 0 amide bonds. The van der Waals surface area contributed by atoms with Crippen molar-refractivity contribution < 1.29 is 0 Å². The van der Waals surface area contributed by atoms with Crippen LogP contribution in [0.3, 0.4) is 0 Å². The number of hydrogen-bond donors (Lipinski definition) is 1. The van der Waals surface area contributed by atoms with Gasteiger partial charge in [0.15, 0.2) is 0 Å². The second-order valence-corrected chi connectivity index (χ2v) is 4.90. The van der Waals surface area contributed by atoms with E-state index < -0.39 is 0 Å². The van der Waals surface area contributed by atoms with E-state index in [0.717, 1.165) is 19.4 Å². The standard InChI is InChI=1S/C15H18N4/c1-2-16-15(12-7-9-18-19-10-12)13-6-5-11-4-3-8-17-14(11)13/h3-4,7-10,13,15-16H,2,5-6H2,1H3. The van der Waals surface area contributed by atoms with Crippen LogP contribution in [0.15, 0.2) is 36.8 Å². The lowest BCUT2D eigenvalue weighted by molar-refractivity contribution is 0.445. The third kappa shape index (κ3) is 2.36. The zero-order valence-corrected chi connectivity index (χ0v) is 11.1. The summed E-state index contributed by atoms with van der Waals surface area (Å²) >= 11 is 0. The summed E-state index contributed by atoms with van der Waals surface area (Å²) in [5, 5.41) is 11.4. The number of aromatic nitrogens is 3. The van der Waals surface area contributed by atoms with Crippen molar-refractivity contribution in [2.75, 3.05) is 6.54 Å².